The quantitative estimate of drug-likeness (QED) is 0.834. The molecule has 6 heteroatoms. The second-order valence-corrected chi connectivity index (χ2v) is 5.37. The Labute approximate surface area is 104 Å². The normalized spacial score (nSPS) is 34.7. The van der Waals surface area contributed by atoms with Gasteiger partial charge in [0.1, 0.15) is 5.54 Å². The van der Waals surface area contributed by atoms with Crippen LogP contribution in [0.3, 0.4) is 0 Å². The van der Waals surface area contributed by atoms with Crippen LogP contribution in [-0.4, -0.2) is 40.8 Å². The first kappa shape index (κ1) is 13.6. The summed E-state index contributed by atoms with van der Waals surface area (Å²) in [6.45, 7) is 1.22. The minimum atomic E-state index is -4.28. The monoisotopic (exact) mass is 265 g/mol. The lowest BCUT2D eigenvalue weighted by Crippen LogP contribution is -2.57. The van der Waals surface area contributed by atoms with E-state index in [1.54, 1.807) is 4.90 Å². The first-order valence-electron chi connectivity index (χ1n) is 6.41. The lowest BCUT2D eigenvalue weighted by molar-refractivity contribution is -0.198. The number of rotatable bonds is 2. The standard InChI is InChI=1S/C12H18F3NO2/c13-12(14,15)9-4-3-5-11(8-9,10(17)18)16-6-1-2-7-16/h9H,1-8H2,(H,17,18). The first-order valence-corrected chi connectivity index (χ1v) is 6.41. The number of hydrogen-bond acceptors (Lipinski definition) is 2. The minimum Gasteiger partial charge on any atom is -0.480 e. The van der Waals surface area contributed by atoms with Gasteiger partial charge in [0, 0.05) is 0 Å². The average Bonchev–Trinajstić information content (AvgIpc) is 2.81. The third-order valence-electron chi connectivity index (χ3n) is 4.30. The van der Waals surface area contributed by atoms with Crippen LogP contribution in [0.2, 0.25) is 0 Å². The topological polar surface area (TPSA) is 40.5 Å². The molecule has 0 aromatic carbocycles. The predicted octanol–water partition coefficient (Wildman–Crippen LogP) is 2.66. The van der Waals surface area contributed by atoms with Crippen LogP contribution in [0.15, 0.2) is 0 Å². The molecule has 1 saturated carbocycles. The van der Waals surface area contributed by atoms with E-state index in [1.807, 2.05) is 0 Å². The Morgan fingerprint density at radius 1 is 1.22 bits per heavy atom. The highest BCUT2D eigenvalue weighted by Crippen LogP contribution is 2.45. The molecule has 2 aliphatic rings. The maximum atomic E-state index is 12.8. The number of halogens is 3. The molecule has 1 heterocycles. The van der Waals surface area contributed by atoms with Crippen molar-refractivity contribution in [2.75, 3.05) is 13.1 Å². The van der Waals surface area contributed by atoms with Gasteiger partial charge in [0.2, 0.25) is 0 Å². The van der Waals surface area contributed by atoms with Crippen LogP contribution in [0.1, 0.15) is 38.5 Å². The summed E-state index contributed by atoms with van der Waals surface area (Å²) in [5.41, 5.74) is -1.28. The Morgan fingerprint density at radius 2 is 1.83 bits per heavy atom. The van der Waals surface area contributed by atoms with Crippen molar-refractivity contribution >= 4 is 5.97 Å². The van der Waals surface area contributed by atoms with Crippen LogP contribution in [0, 0.1) is 5.92 Å². The molecule has 0 amide bonds. The molecular formula is C12H18F3NO2. The van der Waals surface area contributed by atoms with Gasteiger partial charge in [0.25, 0.3) is 0 Å². The molecule has 0 radical (unpaired) electrons. The van der Waals surface area contributed by atoms with Gasteiger partial charge in [-0.3, -0.25) is 9.69 Å². The molecule has 0 bridgehead atoms. The van der Waals surface area contributed by atoms with Crippen LogP contribution in [0.25, 0.3) is 0 Å². The zero-order valence-corrected chi connectivity index (χ0v) is 10.2. The SMILES string of the molecule is O=C(O)C1(N2CCCC2)CCCC(C(F)(F)F)C1. The zero-order valence-electron chi connectivity index (χ0n) is 10.2. The van der Waals surface area contributed by atoms with Gasteiger partial charge in [-0.2, -0.15) is 13.2 Å². The van der Waals surface area contributed by atoms with Crippen molar-refractivity contribution in [3.8, 4) is 0 Å². The molecule has 2 rings (SSSR count). The molecule has 104 valence electrons. The fraction of sp³-hybridized carbons (Fsp3) is 0.917. The number of carbonyl (C=O) groups is 1. The second kappa shape index (κ2) is 4.72. The molecular weight excluding hydrogens is 247 g/mol. The molecule has 2 unspecified atom stereocenters. The van der Waals surface area contributed by atoms with Gasteiger partial charge in [-0.15, -0.1) is 0 Å². The van der Waals surface area contributed by atoms with Crippen molar-refractivity contribution in [1.29, 1.82) is 0 Å². The lowest BCUT2D eigenvalue weighted by Gasteiger charge is -2.44. The Bertz CT molecular complexity index is 326. The summed E-state index contributed by atoms with van der Waals surface area (Å²) in [5, 5.41) is 9.42. The summed E-state index contributed by atoms with van der Waals surface area (Å²) in [6, 6.07) is 0. The van der Waals surface area contributed by atoms with E-state index in [0.29, 0.717) is 25.9 Å². The van der Waals surface area contributed by atoms with E-state index in [4.69, 9.17) is 0 Å². The minimum absolute atomic E-state index is 0.0619. The summed E-state index contributed by atoms with van der Waals surface area (Å²) in [6.07, 6.45) is -2.06. The molecule has 1 aliphatic carbocycles. The highest BCUT2D eigenvalue weighted by Gasteiger charge is 2.54. The molecule has 1 N–H and O–H groups in total. The van der Waals surface area contributed by atoms with Crippen LogP contribution < -0.4 is 0 Å². The van der Waals surface area contributed by atoms with Crippen LogP contribution >= 0.6 is 0 Å². The summed E-state index contributed by atoms with van der Waals surface area (Å²) in [5.74, 6) is -2.55. The fourth-order valence-corrected chi connectivity index (χ4v) is 3.29. The Morgan fingerprint density at radius 3 is 2.33 bits per heavy atom. The van der Waals surface area contributed by atoms with Gasteiger partial charge in [0.15, 0.2) is 0 Å². The molecule has 2 fully saturated rings. The molecule has 18 heavy (non-hydrogen) atoms. The Kier molecular flexibility index (Phi) is 3.58. The molecule has 0 spiro atoms. The molecule has 0 aromatic rings. The number of likely N-dealkylation sites (tertiary alicyclic amines) is 1. The van der Waals surface area contributed by atoms with E-state index in [2.05, 4.69) is 0 Å². The molecule has 0 aromatic heterocycles. The van der Waals surface area contributed by atoms with E-state index in [-0.39, 0.29) is 12.8 Å². The molecule has 1 aliphatic heterocycles. The van der Waals surface area contributed by atoms with Gasteiger partial charge in [-0.05, 0) is 45.2 Å². The van der Waals surface area contributed by atoms with Crippen molar-refractivity contribution in [1.82, 2.24) is 4.90 Å². The number of nitrogens with zero attached hydrogens (tertiary/aromatic N) is 1. The van der Waals surface area contributed by atoms with Crippen LogP contribution in [0.5, 0.6) is 0 Å². The van der Waals surface area contributed by atoms with Crippen molar-refractivity contribution < 1.29 is 23.1 Å². The van der Waals surface area contributed by atoms with Crippen LogP contribution in [-0.2, 0) is 4.79 Å². The second-order valence-electron chi connectivity index (χ2n) is 5.37. The number of carboxylic acid groups (broad SMARTS) is 1. The number of carboxylic acids is 1. The van der Waals surface area contributed by atoms with Crippen molar-refractivity contribution in [3.05, 3.63) is 0 Å². The summed E-state index contributed by atoms with van der Waals surface area (Å²) < 4.78 is 38.5. The van der Waals surface area contributed by atoms with Crippen molar-refractivity contribution in [3.63, 3.8) is 0 Å². The van der Waals surface area contributed by atoms with E-state index in [1.165, 1.54) is 0 Å². The van der Waals surface area contributed by atoms with Gasteiger partial charge in [-0.1, -0.05) is 6.42 Å². The van der Waals surface area contributed by atoms with Crippen molar-refractivity contribution in [2.45, 2.75) is 50.2 Å². The Balaban J connectivity index is 2.21. The van der Waals surface area contributed by atoms with E-state index in [0.717, 1.165) is 12.8 Å². The third-order valence-corrected chi connectivity index (χ3v) is 4.30. The fourth-order valence-electron chi connectivity index (χ4n) is 3.29. The highest BCUT2D eigenvalue weighted by atomic mass is 19.4. The van der Waals surface area contributed by atoms with E-state index < -0.39 is 23.6 Å². The van der Waals surface area contributed by atoms with E-state index in [9.17, 15) is 23.1 Å². The predicted molar refractivity (Wildman–Crippen MR) is 59.2 cm³/mol. The molecule has 3 nitrogen and oxygen atoms in total. The average molecular weight is 265 g/mol. The maximum Gasteiger partial charge on any atom is 0.391 e. The van der Waals surface area contributed by atoms with Crippen LogP contribution in [0.4, 0.5) is 13.2 Å². The third kappa shape index (κ3) is 2.35. The number of hydrogen-bond donors (Lipinski definition) is 1. The summed E-state index contributed by atoms with van der Waals surface area (Å²) in [4.78, 5) is 13.3. The Hall–Kier alpha value is -0.780. The van der Waals surface area contributed by atoms with Gasteiger partial charge in [0.05, 0.1) is 5.92 Å². The highest BCUT2D eigenvalue weighted by molar-refractivity contribution is 5.79. The molecule has 2 atom stereocenters. The zero-order chi connectivity index (χ0) is 13.4. The van der Waals surface area contributed by atoms with Gasteiger partial charge in [-0.25, -0.2) is 0 Å². The number of alkyl halides is 3. The summed E-state index contributed by atoms with van der Waals surface area (Å²) >= 11 is 0. The smallest absolute Gasteiger partial charge is 0.391 e. The largest absolute Gasteiger partial charge is 0.480 e. The molecule has 1 saturated heterocycles. The van der Waals surface area contributed by atoms with E-state index >= 15 is 0 Å². The van der Waals surface area contributed by atoms with Gasteiger partial charge >= 0.3 is 12.1 Å². The maximum absolute atomic E-state index is 12.8. The first-order chi connectivity index (χ1) is 8.36. The van der Waals surface area contributed by atoms with Gasteiger partial charge < -0.3 is 5.11 Å². The lowest BCUT2D eigenvalue weighted by atomic mass is 9.74. The van der Waals surface area contributed by atoms with Crippen molar-refractivity contribution in [2.24, 2.45) is 5.92 Å². The number of aliphatic carboxylic acids is 1. The summed E-state index contributed by atoms with van der Waals surface area (Å²) in [7, 11) is 0.